The van der Waals surface area contributed by atoms with Crippen LogP contribution in [0.5, 0.6) is 0 Å². The molecule has 1 amide bonds. The molecule has 2 unspecified atom stereocenters. The van der Waals surface area contributed by atoms with E-state index < -0.39 is 0 Å². The van der Waals surface area contributed by atoms with Crippen LogP contribution in [0.3, 0.4) is 0 Å². The summed E-state index contributed by atoms with van der Waals surface area (Å²) < 4.78 is 4.87. The number of nitrogens with zero attached hydrogens (tertiary/aromatic N) is 5. The van der Waals surface area contributed by atoms with Crippen LogP contribution in [0.15, 0.2) is 21.8 Å². The lowest BCUT2D eigenvalue weighted by atomic mass is 9.92. The van der Waals surface area contributed by atoms with Gasteiger partial charge in [0.1, 0.15) is 12.0 Å². The molecule has 1 aromatic heterocycles. The van der Waals surface area contributed by atoms with Gasteiger partial charge in [-0.05, 0) is 25.2 Å². The molecule has 164 valence electrons. The number of halogens is 1. The van der Waals surface area contributed by atoms with Crippen LogP contribution in [0.1, 0.15) is 32.9 Å². The molecule has 0 saturated carbocycles. The SMILES string of the molecule is CCNC(=NCc1ccon1)N1CCN(CC(=O)N2CC(C)CC(C)C2)CC1.I. The van der Waals surface area contributed by atoms with E-state index in [1.165, 1.54) is 6.42 Å². The fourth-order valence-corrected chi connectivity index (χ4v) is 4.18. The van der Waals surface area contributed by atoms with E-state index in [2.05, 4.69) is 50.9 Å². The van der Waals surface area contributed by atoms with Crippen molar-refractivity contribution < 1.29 is 9.32 Å². The molecule has 2 saturated heterocycles. The Hall–Kier alpha value is -1.36. The number of aliphatic imine (C=N–C) groups is 1. The van der Waals surface area contributed by atoms with Gasteiger partial charge in [-0.25, -0.2) is 4.99 Å². The minimum atomic E-state index is 0. The predicted octanol–water partition coefficient (Wildman–Crippen LogP) is 1.88. The number of aromatic nitrogens is 1. The minimum Gasteiger partial charge on any atom is -0.364 e. The molecule has 3 heterocycles. The Morgan fingerprint density at radius 2 is 1.90 bits per heavy atom. The van der Waals surface area contributed by atoms with E-state index in [1.807, 2.05) is 6.07 Å². The second-order valence-corrected chi connectivity index (χ2v) is 8.17. The first-order valence-corrected chi connectivity index (χ1v) is 10.5. The molecule has 9 heteroatoms. The smallest absolute Gasteiger partial charge is 0.236 e. The molecule has 2 fully saturated rings. The molecule has 0 aromatic carbocycles. The standard InChI is InChI=1S/C20H34N6O2.HI/c1-4-21-20(22-12-18-5-10-28-23-18)25-8-6-24(7-9-25)15-19(27)26-13-16(2)11-17(3)14-26;/h5,10,16-17H,4,6-9,11-15H2,1-3H3,(H,21,22);1H. The maximum absolute atomic E-state index is 12.7. The van der Waals surface area contributed by atoms with Crippen molar-refractivity contribution in [3.63, 3.8) is 0 Å². The number of likely N-dealkylation sites (tertiary alicyclic amines) is 1. The first-order chi connectivity index (χ1) is 13.5. The number of hydrogen-bond acceptors (Lipinski definition) is 5. The Kier molecular flexibility index (Phi) is 9.67. The maximum atomic E-state index is 12.7. The van der Waals surface area contributed by atoms with Crippen molar-refractivity contribution in [2.75, 3.05) is 52.4 Å². The van der Waals surface area contributed by atoms with Crippen LogP contribution in [-0.2, 0) is 11.3 Å². The third-order valence-corrected chi connectivity index (χ3v) is 5.47. The largest absolute Gasteiger partial charge is 0.364 e. The fourth-order valence-electron chi connectivity index (χ4n) is 4.18. The zero-order valence-corrected chi connectivity index (χ0v) is 20.2. The molecule has 1 N–H and O–H groups in total. The highest BCUT2D eigenvalue weighted by molar-refractivity contribution is 14.0. The molecule has 0 bridgehead atoms. The first-order valence-electron chi connectivity index (χ1n) is 10.5. The van der Waals surface area contributed by atoms with Crippen LogP contribution in [0.4, 0.5) is 0 Å². The second-order valence-electron chi connectivity index (χ2n) is 8.17. The summed E-state index contributed by atoms with van der Waals surface area (Å²) in [7, 11) is 0. The van der Waals surface area contributed by atoms with E-state index in [1.54, 1.807) is 6.26 Å². The summed E-state index contributed by atoms with van der Waals surface area (Å²) in [6.45, 7) is 13.7. The molecule has 29 heavy (non-hydrogen) atoms. The lowest BCUT2D eigenvalue weighted by Crippen LogP contribution is -2.55. The van der Waals surface area contributed by atoms with Crippen LogP contribution in [0, 0.1) is 11.8 Å². The quantitative estimate of drug-likeness (QED) is 0.365. The maximum Gasteiger partial charge on any atom is 0.236 e. The number of amides is 1. The van der Waals surface area contributed by atoms with Gasteiger partial charge in [0.25, 0.3) is 0 Å². The van der Waals surface area contributed by atoms with E-state index in [-0.39, 0.29) is 29.9 Å². The van der Waals surface area contributed by atoms with Crippen molar-refractivity contribution in [2.45, 2.75) is 33.7 Å². The first kappa shape index (κ1) is 23.9. The van der Waals surface area contributed by atoms with Crippen molar-refractivity contribution in [1.82, 2.24) is 25.2 Å². The summed E-state index contributed by atoms with van der Waals surface area (Å²) in [6, 6.07) is 1.83. The zero-order chi connectivity index (χ0) is 19.9. The topological polar surface area (TPSA) is 77.2 Å². The molecule has 2 aliphatic heterocycles. The van der Waals surface area contributed by atoms with Crippen LogP contribution in [0.2, 0.25) is 0 Å². The van der Waals surface area contributed by atoms with Gasteiger partial charge in [0, 0.05) is 51.9 Å². The van der Waals surface area contributed by atoms with Crippen LogP contribution in [-0.4, -0.2) is 84.1 Å². The van der Waals surface area contributed by atoms with Crippen LogP contribution >= 0.6 is 24.0 Å². The monoisotopic (exact) mass is 518 g/mol. The van der Waals surface area contributed by atoms with Gasteiger partial charge >= 0.3 is 0 Å². The summed E-state index contributed by atoms with van der Waals surface area (Å²) >= 11 is 0. The van der Waals surface area contributed by atoms with Gasteiger partial charge < -0.3 is 19.6 Å². The molecule has 3 rings (SSSR count). The zero-order valence-electron chi connectivity index (χ0n) is 17.8. The third-order valence-electron chi connectivity index (χ3n) is 5.47. The van der Waals surface area contributed by atoms with Crippen molar-refractivity contribution in [1.29, 1.82) is 0 Å². The molecule has 2 atom stereocenters. The number of guanidine groups is 1. The number of nitrogens with one attached hydrogen (secondary N) is 1. The Balaban J connectivity index is 0.00000300. The Morgan fingerprint density at radius 1 is 1.21 bits per heavy atom. The number of carbonyl (C=O) groups excluding carboxylic acids is 1. The average Bonchev–Trinajstić information content (AvgIpc) is 3.18. The van der Waals surface area contributed by atoms with Crippen molar-refractivity contribution >= 4 is 35.8 Å². The normalized spacial score (nSPS) is 23.6. The lowest BCUT2D eigenvalue weighted by Gasteiger charge is -2.39. The Bertz CT molecular complexity index is 635. The molecular formula is C20H35IN6O2. The number of rotatable bonds is 5. The molecule has 1 aromatic rings. The summed E-state index contributed by atoms with van der Waals surface area (Å²) in [5.41, 5.74) is 0.824. The Labute approximate surface area is 191 Å². The summed E-state index contributed by atoms with van der Waals surface area (Å²) in [6.07, 6.45) is 2.79. The van der Waals surface area contributed by atoms with Crippen molar-refractivity contribution in [2.24, 2.45) is 16.8 Å². The van der Waals surface area contributed by atoms with E-state index in [0.29, 0.717) is 24.9 Å². The number of piperazine rings is 1. The summed E-state index contributed by atoms with van der Waals surface area (Å²) in [5, 5.41) is 7.27. The number of piperidine rings is 1. The van der Waals surface area contributed by atoms with Crippen LogP contribution in [0.25, 0.3) is 0 Å². The van der Waals surface area contributed by atoms with E-state index in [9.17, 15) is 4.79 Å². The fraction of sp³-hybridized carbons (Fsp3) is 0.750. The molecule has 0 aliphatic carbocycles. The van der Waals surface area contributed by atoms with Crippen molar-refractivity contribution in [3.8, 4) is 0 Å². The molecule has 0 radical (unpaired) electrons. The number of hydrogen-bond donors (Lipinski definition) is 1. The van der Waals surface area contributed by atoms with E-state index >= 15 is 0 Å². The summed E-state index contributed by atoms with van der Waals surface area (Å²) in [4.78, 5) is 24.0. The molecular weight excluding hydrogens is 483 g/mol. The van der Waals surface area contributed by atoms with Gasteiger partial charge in [-0.15, -0.1) is 24.0 Å². The second kappa shape index (κ2) is 11.7. The van der Waals surface area contributed by atoms with Crippen LogP contribution < -0.4 is 5.32 Å². The average molecular weight is 518 g/mol. The predicted molar refractivity (Wildman–Crippen MR) is 124 cm³/mol. The highest BCUT2D eigenvalue weighted by atomic mass is 127. The van der Waals surface area contributed by atoms with E-state index in [4.69, 9.17) is 4.52 Å². The molecule has 2 aliphatic rings. The van der Waals surface area contributed by atoms with Gasteiger partial charge in [0.05, 0.1) is 13.1 Å². The highest BCUT2D eigenvalue weighted by Gasteiger charge is 2.28. The van der Waals surface area contributed by atoms with Gasteiger partial charge in [0.15, 0.2) is 5.96 Å². The molecule has 0 spiro atoms. The van der Waals surface area contributed by atoms with Gasteiger partial charge in [-0.1, -0.05) is 19.0 Å². The number of carbonyl (C=O) groups is 1. The Morgan fingerprint density at radius 3 is 2.48 bits per heavy atom. The van der Waals surface area contributed by atoms with E-state index in [0.717, 1.165) is 57.5 Å². The van der Waals surface area contributed by atoms with Crippen molar-refractivity contribution in [3.05, 3.63) is 18.0 Å². The van der Waals surface area contributed by atoms with Gasteiger partial charge in [-0.2, -0.15) is 0 Å². The third kappa shape index (κ3) is 7.13. The van der Waals surface area contributed by atoms with Gasteiger partial charge in [-0.3, -0.25) is 9.69 Å². The minimum absolute atomic E-state index is 0. The molecule has 8 nitrogen and oxygen atoms in total. The highest BCUT2D eigenvalue weighted by Crippen LogP contribution is 2.21. The summed E-state index contributed by atoms with van der Waals surface area (Å²) in [5.74, 6) is 2.38. The van der Waals surface area contributed by atoms with Gasteiger partial charge in [0.2, 0.25) is 5.91 Å². The lowest BCUT2D eigenvalue weighted by molar-refractivity contribution is -0.135.